The number of nitrogen functional groups attached to an aromatic ring is 1. The summed E-state index contributed by atoms with van der Waals surface area (Å²) in [5, 5.41) is 22.7. The van der Waals surface area contributed by atoms with Crippen LogP contribution in [0, 0.1) is 5.92 Å². The van der Waals surface area contributed by atoms with Gasteiger partial charge in [-0.1, -0.05) is 0 Å². The largest absolute Gasteiger partial charge is 0.396 e. The van der Waals surface area contributed by atoms with Gasteiger partial charge in [-0.25, -0.2) is 4.98 Å². The van der Waals surface area contributed by atoms with Crippen LogP contribution in [0.5, 0.6) is 0 Å². The van der Waals surface area contributed by atoms with Crippen molar-refractivity contribution in [3.05, 3.63) is 6.33 Å². The van der Waals surface area contributed by atoms with Gasteiger partial charge in [0, 0.05) is 24.6 Å². The number of aliphatic hydroxyl groups excluding tert-OH is 2. The lowest BCUT2D eigenvalue weighted by Crippen LogP contribution is -2.16. The first-order valence-electron chi connectivity index (χ1n) is 7.71. The maximum absolute atomic E-state index is 10.0. The average molecular weight is 304 g/mol. The van der Waals surface area contributed by atoms with Gasteiger partial charge in [0.05, 0.1) is 12.4 Å². The standard InChI is InChI=1S/C14H20N6O2/c15-14-18-12(17-8-1-2-8)11-13(19-14)20(6-16-11)9-3-7(5-21)10(22)4-9/h6-10,21-22H,1-5H2,(H3,15,17,18,19)/t7-,9-,10-/m1/s1. The van der Waals surface area contributed by atoms with E-state index in [2.05, 4.69) is 20.3 Å². The second-order valence-electron chi connectivity index (χ2n) is 6.31. The second-order valence-corrected chi connectivity index (χ2v) is 6.31. The van der Waals surface area contributed by atoms with E-state index >= 15 is 0 Å². The Kier molecular flexibility index (Phi) is 3.16. The van der Waals surface area contributed by atoms with Crippen molar-refractivity contribution in [2.45, 2.75) is 43.9 Å². The van der Waals surface area contributed by atoms with Crippen molar-refractivity contribution >= 4 is 22.9 Å². The number of hydrogen-bond donors (Lipinski definition) is 4. The summed E-state index contributed by atoms with van der Waals surface area (Å²) in [6.07, 6.45) is 4.81. The minimum atomic E-state index is -0.490. The molecule has 0 aromatic carbocycles. The molecule has 2 aliphatic carbocycles. The minimum absolute atomic E-state index is 0.00406. The third-order valence-electron chi connectivity index (χ3n) is 4.62. The number of nitrogens with one attached hydrogen (secondary N) is 1. The zero-order valence-electron chi connectivity index (χ0n) is 12.2. The van der Waals surface area contributed by atoms with Gasteiger partial charge in [0.15, 0.2) is 17.0 Å². The van der Waals surface area contributed by atoms with Gasteiger partial charge >= 0.3 is 0 Å². The van der Waals surface area contributed by atoms with Crippen LogP contribution in [0.15, 0.2) is 6.33 Å². The fourth-order valence-electron chi connectivity index (χ4n) is 3.22. The molecule has 22 heavy (non-hydrogen) atoms. The van der Waals surface area contributed by atoms with Crippen molar-refractivity contribution in [1.82, 2.24) is 19.5 Å². The highest BCUT2D eigenvalue weighted by Crippen LogP contribution is 2.37. The number of nitrogens with two attached hydrogens (primary N) is 1. The molecule has 0 radical (unpaired) electrons. The van der Waals surface area contributed by atoms with Gasteiger partial charge < -0.3 is 25.8 Å². The number of imidazole rings is 1. The van der Waals surface area contributed by atoms with E-state index in [-0.39, 0.29) is 24.5 Å². The summed E-state index contributed by atoms with van der Waals surface area (Å²) >= 11 is 0. The average Bonchev–Trinajstić information content (AvgIpc) is 3.07. The van der Waals surface area contributed by atoms with Crippen molar-refractivity contribution in [1.29, 1.82) is 0 Å². The van der Waals surface area contributed by atoms with Crippen molar-refractivity contribution in [2.24, 2.45) is 5.92 Å². The molecule has 0 unspecified atom stereocenters. The summed E-state index contributed by atoms with van der Waals surface area (Å²) in [7, 11) is 0. The lowest BCUT2D eigenvalue weighted by molar-refractivity contribution is 0.0906. The molecule has 2 heterocycles. The maximum atomic E-state index is 10.0. The van der Waals surface area contributed by atoms with Crippen molar-refractivity contribution in [2.75, 3.05) is 17.7 Å². The van der Waals surface area contributed by atoms with E-state index in [1.807, 2.05) is 4.57 Å². The zero-order chi connectivity index (χ0) is 15.3. The number of aliphatic hydroxyl groups is 2. The normalized spacial score (nSPS) is 28.4. The van der Waals surface area contributed by atoms with E-state index in [0.717, 1.165) is 12.8 Å². The Morgan fingerprint density at radius 1 is 1.32 bits per heavy atom. The minimum Gasteiger partial charge on any atom is -0.396 e. The number of fused-ring (bicyclic) bond motifs is 1. The number of anilines is 2. The Morgan fingerprint density at radius 2 is 2.14 bits per heavy atom. The van der Waals surface area contributed by atoms with Gasteiger partial charge in [0.25, 0.3) is 0 Å². The summed E-state index contributed by atoms with van der Waals surface area (Å²) < 4.78 is 1.95. The molecular weight excluding hydrogens is 284 g/mol. The molecule has 0 aliphatic heterocycles. The molecule has 5 N–H and O–H groups in total. The molecule has 8 nitrogen and oxygen atoms in total. The van der Waals surface area contributed by atoms with Crippen molar-refractivity contribution in [3.63, 3.8) is 0 Å². The first-order chi connectivity index (χ1) is 10.7. The van der Waals surface area contributed by atoms with Crippen LogP contribution in [0.4, 0.5) is 11.8 Å². The maximum Gasteiger partial charge on any atom is 0.224 e. The molecule has 8 heteroatoms. The van der Waals surface area contributed by atoms with Gasteiger partial charge in [-0.05, 0) is 25.7 Å². The van der Waals surface area contributed by atoms with Gasteiger partial charge in [-0.2, -0.15) is 9.97 Å². The molecular formula is C14H20N6O2. The summed E-state index contributed by atoms with van der Waals surface area (Å²) in [6.45, 7) is -0.00406. The first kappa shape index (κ1) is 13.7. The summed E-state index contributed by atoms with van der Waals surface area (Å²) in [5.74, 6) is 0.807. The molecule has 2 aromatic heterocycles. The van der Waals surface area contributed by atoms with Crippen LogP contribution >= 0.6 is 0 Å². The summed E-state index contributed by atoms with van der Waals surface area (Å²) in [4.78, 5) is 13.0. The van der Waals surface area contributed by atoms with Crippen LogP contribution in [-0.4, -0.2) is 48.5 Å². The van der Waals surface area contributed by atoms with E-state index in [1.54, 1.807) is 6.33 Å². The zero-order valence-corrected chi connectivity index (χ0v) is 12.2. The first-order valence-corrected chi connectivity index (χ1v) is 7.71. The molecule has 2 aromatic rings. The predicted molar refractivity (Wildman–Crippen MR) is 81.2 cm³/mol. The predicted octanol–water partition coefficient (Wildman–Crippen LogP) is 0.287. The third-order valence-corrected chi connectivity index (χ3v) is 4.62. The molecule has 0 saturated heterocycles. The summed E-state index contributed by atoms with van der Waals surface area (Å²) in [5.41, 5.74) is 7.23. The fourth-order valence-corrected chi connectivity index (χ4v) is 3.22. The molecule has 0 bridgehead atoms. The van der Waals surface area contributed by atoms with E-state index in [1.165, 1.54) is 0 Å². The van der Waals surface area contributed by atoms with Gasteiger partial charge in [-0.15, -0.1) is 0 Å². The molecule has 2 saturated carbocycles. The lowest BCUT2D eigenvalue weighted by atomic mass is 10.1. The Hall–Kier alpha value is -1.93. The number of aromatic nitrogens is 4. The molecule has 3 atom stereocenters. The molecule has 4 rings (SSSR count). The Balaban J connectivity index is 1.71. The van der Waals surface area contributed by atoms with E-state index in [4.69, 9.17) is 5.73 Å². The van der Waals surface area contributed by atoms with Crippen LogP contribution in [-0.2, 0) is 0 Å². The van der Waals surface area contributed by atoms with Crippen LogP contribution in [0.1, 0.15) is 31.7 Å². The summed E-state index contributed by atoms with van der Waals surface area (Å²) in [6, 6.07) is 0.523. The highest BCUT2D eigenvalue weighted by atomic mass is 16.3. The monoisotopic (exact) mass is 304 g/mol. The van der Waals surface area contributed by atoms with E-state index in [9.17, 15) is 10.2 Å². The fraction of sp³-hybridized carbons (Fsp3) is 0.643. The van der Waals surface area contributed by atoms with Crippen LogP contribution in [0.3, 0.4) is 0 Å². The van der Waals surface area contributed by atoms with E-state index < -0.39 is 6.10 Å². The molecule has 118 valence electrons. The molecule has 0 spiro atoms. The smallest absolute Gasteiger partial charge is 0.224 e. The molecule has 2 aliphatic rings. The van der Waals surface area contributed by atoms with Crippen molar-refractivity contribution < 1.29 is 10.2 Å². The molecule has 2 fully saturated rings. The van der Waals surface area contributed by atoms with Gasteiger partial charge in [0.1, 0.15) is 0 Å². The lowest BCUT2D eigenvalue weighted by Gasteiger charge is -2.13. The SMILES string of the molecule is Nc1nc(NC2CC2)c2ncn([C@@H]3C[C@H](CO)[C@H](O)C3)c2n1. The van der Waals surface area contributed by atoms with E-state index in [0.29, 0.717) is 35.9 Å². The number of hydrogen-bond acceptors (Lipinski definition) is 7. The topological polar surface area (TPSA) is 122 Å². The number of nitrogens with zero attached hydrogens (tertiary/aromatic N) is 4. The van der Waals surface area contributed by atoms with Gasteiger partial charge in [0.2, 0.25) is 5.95 Å². The Morgan fingerprint density at radius 3 is 2.82 bits per heavy atom. The van der Waals surface area contributed by atoms with Crippen LogP contribution in [0.25, 0.3) is 11.2 Å². The Labute approximate surface area is 127 Å². The van der Waals surface area contributed by atoms with Crippen molar-refractivity contribution in [3.8, 4) is 0 Å². The quantitative estimate of drug-likeness (QED) is 0.640. The second kappa shape index (κ2) is 5.06. The highest BCUT2D eigenvalue weighted by molar-refractivity contribution is 5.84. The van der Waals surface area contributed by atoms with Gasteiger partial charge in [-0.3, -0.25) is 0 Å². The molecule has 0 amide bonds. The number of rotatable bonds is 4. The highest BCUT2D eigenvalue weighted by Gasteiger charge is 2.34. The third kappa shape index (κ3) is 2.28. The van der Waals surface area contributed by atoms with Crippen LogP contribution < -0.4 is 11.1 Å². The van der Waals surface area contributed by atoms with Crippen LogP contribution in [0.2, 0.25) is 0 Å². The Bertz CT molecular complexity index is 698.